The second-order valence-electron chi connectivity index (χ2n) is 5.69. The van der Waals surface area contributed by atoms with E-state index in [1.807, 2.05) is 6.92 Å². The summed E-state index contributed by atoms with van der Waals surface area (Å²) in [5.74, 6) is 0. The molecule has 0 aliphatic heterocycles. The van der Waals surface area contributed by atoms with E-state index in [4.69, 9.17) is 11.6 Å². The van der Waals surface area contributed by atoms with Crippen LogP contribution in [0, 0.1) is 6.92 Å². The number of nitrogens with one attached hydrogen (secondary N) is 1. The summed E-state index contributed by atoms with van der Waals surface area (Å²) in [6.45, 7) is 1.84. The lowest BCUT2D eigenvalue weighted by atomic mass is 10.2. The van der Waals surface area contributed by atoms with E-state index in [-0.39, 0.29) is 17.2 Å². The number of hydrogen-bond acceptors (Lipinski definition) is 2. The number of rotatable bonds is 2. The Balaban J connectivity index is 2.01. The second kappa shape index (κ2) is 4.61. The number of aromatic nitrogens is 3. The normalized spacial score (nSPS) is 14.6. The Morgan fingerprint density at radius 1 is 1.18 bits per heavy atom. The van der Waals surface area contributed by atoms with Crippen molar-refractivity contribution in [1.82, 2.24) is 14.3 Å². The van der Waals surface area contributed by atoms with E-state index in [0.29, 0.717) is 21.6 Å². The molecule has 0 radical (unpaired) electrons. The number of nitrogens with zero attached hydrogens (tertiary/aromatic N) is 2. The Labute approximate surface area is 130 Å². The van der Waals surface area contributed by atoms with Gasteiger partial charge in [0.05, 0.1) is 16.6 Å². The fraction of sp³-hybridized carbons (Fsp3) is 0.250. The third kappa shape index (κ3) is 1.93. The van der Waals surface area contributed by atoms with Gasteiger partial charge in [-0.25, -0.2) is 4.68 Å². The zero-order valence-corrected chi connectivity index (χ0v) is 12.7. The Morgan fingerprint density at radius 3 is 2.50 bits per heavy atom. The molecule has 0 saturated heterocycles. The molecule has 22 heavy (non-hydrogen) atoms. The third-order valence-electron chi connectivity index (χ3n) is 4.14. The molecule has 1 fully saturated rings. The molecule has 0 atom stereocenters. The molecule has 4 rings (SSSR count). The molecule has 112 valence electrons. The average molecular weight is 316 g/mol. The summed E-state index contributed by atoms with van der Waals surface area (Å²) in [4.78, 5) is 25.0. The van der Waals surface area contributed by atoms with Crippen molar-refractivity contribution in [3.63, 3.8) is 0 Å². The van der Waals surface area contributed by atoms with Crippen LogP contribution in [0.25, 0.3) is 16.6 Å². The monoisotopic (exact) mass is 315 g/mol. The van der Waals surface area contributed by atoms with Crippen molar-refractivity contribution in [3.05, 3.63) is 61.8 Å². The van der Waals surface area contributed by atoms with Crippen molar-refractivity contribution in [2.45, 2.75) is 25.8 Å². The Kier molecular flexibility index (Phi) is 2.81. The molecule has 2 aromatic heterocycles. The molecule has 1 aromatic carbocycles. The van der Waals surface area contributed by atoms with Crippen LogP contribution >= 0.6 is 11.6 Å². The van der Waals surface area contributed by atoms with Gasteiger partial charge in [-0.3, -0.25) is 14.7 Å². The van der Waals surface area contributed by atoms with Gasteiger partial charge in [0.1, 0.15) is 0 Å². The summed E-state index contributed by atoms with van der Waals surface area (Å²) < 4.78 is 3.19. The molecule has 0 unspecified atom stereocenters. The van der Waals surface area contributed by atoms with E-state index in [0.717, 1.165) is 18.5 Å². The minimum absolute atomic E-state index is 0.0583. The number of aromatic amines is 1. The maximum absolute atomic E-state index is 12.7. The first-order valence-corrected chi connectivity index (χ1v) is 7.57. The van der Waals surface area contributed by atoms with Gasteiger partial charge >= 0.3 is 0 Å². The van der Waals surface area contributed by atoms with E-state index in [2.05, 4.69) is 5.10 Å². The summed E-state index contributed by atoms with van der Waals surface area (Å²) in [6, 6.07) is 8.74. The molecule has 1 N–H and O–H groups in total. The summed E-state index contributed by atoms with van der Waals surface area (Å²) in [5.41, 5.74) is 1.79. The highest BCUT2D eigenvalue weighted by Crippen LogP contribution is 2.35. The van der Waals surface area contributed by atoms with E-state index in [1.54, 1.807) is 28.8 Å². The topological polar surface area (TPSA) is 59.8 Å². The maximum Gasteiger partial charge on any atom is 0.280 e. The first-order chi connectivity index (χ1) is 10.6. The lowest BCUT2D eigenvalue weighted by Gasteiger charge is -2.07. The van der Waals surface area contributed by atoms with Gasteiger partial charge in [0.15, 0.2) is 0 Å². The number of fused-ring (bicyclic) bond motifs is 1. The molecule has 0 bridgehead atoms. The summed E-state index contributed by atoms with van der Waals surface area (Å²) in [7, 11) is 0. The highest BCUT2D eigenvalue weighted by atomic mass is 35.5. The van der Waals surface area contributed by atoms with E-state index >= 15 is 0 Å². The van der Waals surface area contributed by atoms with Gasteiger partial charge in [-0.15, -0.1) is 0 Å². The molecular formula is C16H14ClN3O2. The first-order valence-electron chi connectivity index (χ1n) is 7.19. The summed E-state index contributed by atoms with van der Waals surface area (Å²) in [5, 5.41) is 4.20. The number of pyridine rings is 1. The van der Waals surface area contributed by atoms with E-state index < -0.39 is 0 Å². The van der Waals surface area contributed by atoms with E-state index in [9.17, 15) is 9.59 Å². The van der Waals surface area contributed by atoms with Crippen molar-refractivity contribution in [2.75, 3.05) is 0 Å². The van der Waals surface area contributed by atoms with Crippen LogP contribution in [0.3, 0.4) is 0 Å². The average Bonchev–Trinajstić information content (AvgIpc) is 3.24. The van der Waals surface area contributed by atoms with Crippen molar-refractivity contribution in [1.29, 1.82) is 0 Å². The number of hydrogen-bond donors (Lipinski definition) is 1. The summed E-state index contributed by atoms with van der Waals surface area (Å²) in [6.07, 6.45) is 2.00. The maximum atomic E-state index is 12.7. The highest BCUT2D eigenvalue weighted by Gasteiger charge is 2.27. The van der Waals surface area contributed by atoms with E-state index in [1.165, 1.54) is 10.7 Å². The van der Waals surface area contributed by atoms with Crippen LogP contribution in [-0.4, -0.2) is 14.3 Å². The predicted octanol–water partition coefficient (Wildman–Crippen LogP) is 2.78. The SMILES string of the molecule is Cc1c2c(=O)n(-c3ccc(Cl)cc3)[nH]c2cc(=O)n1C1CC1. The van der Waals surface area contributed by atoms with Gasteiger partial charge in [0.25, 0.3) is 11.1 Å². The van der Waals surface area contributed by atoms with Crippen LogP contribution in [0.4, 0.5) is 0 Å². The lowest BCUT2D eigenvalue weighted by molar-refractivity contribution is 0.689. The van der Waals surface area contributed by atoms with Crippen molar-refractivity contribution in [2.24, 2.45) is 0 Å². The number of benzene rings is 1. The zero-order valence-electron chi connectivity index (χ0n) is 12.0. The molecule has 6 heteroatoms. The van der Waals surface area contributed by atoms with Crippen LogP contribution in [0.1, 0.15) is 24.6 Å². The Bertz CT molecular complexity index is 991. The second-order valence-corrected chi connectivity index (χ2v) is 6.12. The largest absolute Gasteiger partial charge is 0.309 e. The van der Waals surface area contributed by atoms with Crippen molar-refractivity contribution < 1.29 is 0 Å². The fourth-order valence-corrected chi connectivity index (χ4v) is 3.07. The minimum atomic E-state index is -0.149. The molecule has 3 aromatic rings. The van der Waals surface area contributed by atoms with Gasteiger partial charge in [-0.2, -0.15) is 0 Å². The van der Waals surface area contributed by atoms with Gasteiger partial charge in [-0.05, 0) is 44.0 Å². The quantitative estimate of drug-likeness (QED) is 0.790. The Morgan fingerprint density at radius 2 is 1.86 bits per heavy atom. The van der Waals surface area contributed by atoms with Gasteiger partial charge in [0.2, 0.25) is 0 Å². The van der Waals surface area contributed by atoms with Crippen LogP contribution in [0.2, 0.25) is 5.02 Å². The summed E-state index contributed by atoms with van der Waals surface area (Å²) >= 11 is 5.88. The van der Waals surface area contributed by atoms with Crippen LogP contribution < -0.4 is 11.1 Å². The number of halogens is 1. The molecule has 5 nitrogen and oxygen atoms in total. The standard InChI is InChI=1S/C16H14ClN3O2/c1-9-15-13(8-14(21)19(9)11-6-7-11)18-20(16(15)22)12-4-2-10(17)3-5-12/h2-5,8,11,18H,6-7H2,1H3. The molecule has 1 saturated carbocycles. The zero-order chi connectivity index (χ0) is 15.4. The lowest BCUT2D eigenvalue weighted by Crippen LogP contribution is -2.22. The molecule has 0 amide bonds. The molecule has 1 aliphatic carbocycles. The fourth-order valence-electron chi connectivity index (χ4n) is 2.95. The molecular weight excluding hydrogens is 302 g/mol. The van der Waals surface area contributed by atoms with Gasteiger partial charge in [0, 0.05) is 22.8 Å². The number of H-pyrrole nitrogens is 1. The van der Waals surface area contributed by atoms with Gasteiger partial charge in [-0.1, -0.05) is 11.6 Å². The van der Waals surface area contributed by atoms with Crippen LogP contribution in [0.5, 0.6) is 0 Å². The number of aryl methyl sites for hydroxylation is 1. The molecule has 2 heterocycles. The van der Waals surface area contributed by atoms with Gasteiger partial charge < -0.3 is 4.57 Å². The van der Waals surface area contributed by atoms with Crippen LogP contribution in [-0.2, 0) is 0 Å². The smallest absolute Gasteiger partial charge is 0.280 e. The minimum Gasteiger partial charge on any atom is -0.309 e. The Hall–Kier alpha value is -2.27. The molecule has 0 spiro atoms. The van der Waals surface area contributed by atoms with Crippen molar-refractivity contribution in [3.8, 4) is 5.69 Å². The molecule has 1 aliphatic rings. The van der Waals surface area contributed by atoms with Crippen molar-refractivity contribution >= 4 is 22.5 Å². The predicted molar refractivity (Wildman–Crippen MR) is 86.2 cm³/mol. The third-order valence-corrected chi connectivity index (χ3v) is 4.40. The highest BCUT2D eigenvalue weighted by molar-refractivity contribution is 6.30. The van der Waals surface area contributed by atoms with Crippen LogP contribution in [0.15, 0.2) is 39.9 Å². The first kappa shape index (κ1) is 13.4.